The molecule has 2 rings (SSSR count). The molecule has 0 bridgehead atoms. The number of rotatable bonds is 7. The number of hydrogen-bond acceptors (Lipinski definition) is 7. The zero-order chi connectivity index (χ0) is 20.6. The zero-order valence-corrected chi connectivity index (χ0v) is 19.6. The number of ether oxygens (including phenoxy) is 1. The van der Waals surface area contributed by atoms with Crippen LogP contribution in [0.25, 0.3) is 0 Å². The van der Waals surface area contributed by atoms with Crippen molar-refractivity contribution in [2.24, 2.45) is 5.92 Å². The van der Waals surface area contributed by atoms with Gasteiger partial charge < -0.3 is 24.7 Å². The fourth-order valence-corrected chi connectivity index (χ4v) is 6.47. The summed E-state index contributed by atoms with van der Waals surface area (Å²) in [5, 5.41) is 9.65. The van der Waals surface area contributed by atoms with E-state index >= 15 is 0 Å². The Bertz CT molecular complexity index is 730. The summed E-state index contributed by atoms with van der Waals surface area (Å²) in [6.07, 6.45) is 4.00. The van der Waals surface area contributed by atoms with Crippen LogP contribution in [0.4, 0.5) is 0 Å². The summed E-state index contributed by atoms with van der Waals surface area (Å²) in [5.74, 6) is -0.388. The summed E-state index contributed by atoms with van der Waals surface area (Å²) in [5.41, 5.74) is 0.766. The minimum absolute atomic E-state index is 0.407. The average Bonchev–Trinajstić information content (AvgIpc) is 2.68. The molecule has 2 N–H and O–H groups in total. The molecular weight excluding hydrogens is 522 g/mol. The minimum atomic E-state index is -0.594. The summed E-state index contributed by atoms with van der Waals surface area (Å²) in [6.45, 7) is 0. The number of thioether (sulfide) groups is 2. The van der Waals surface area contributed by atoms with E-state index in [9.17, 15) is 14.4 Å². The predicted molar refractivity (Wildman–Crippen MR) is 116 cm³/mol. The molecule has 0 aromatic heterocycles. The lowest BCUT2D eigenvalue weighted by molar-refractivity contribution is -0.115. The van der Waals surface area contributed by atoms with E-state index < -0.39 is 17.1 Å². The molecule has 27 heavy (non-hydrogen) atoms. The van der Waals surface area contributed by atoms with Crippen molar-refractivity contribution in [2.75, 3.05) is 20.5 Å². The molecule has 1 amide bonds. The van der Waals surface area contributed by atoms with Crippen LogP contribution in [0, 0.1) is 5.92 Å². The Morgan fingerprint density at radius 3 is 2.37 bits per heavy atom. The largest absolute Gasteiger partial charge is 0.495 e. The van der Waals surface area contributed by atoms with Gasteiger partial charge in [-0.1, -0.05) is 27.7 Å². The van der Waals surface area contributed by atoms with E-state index in [2.05, 4.69) is 37.2 Å². The van der Waals surface area contributed by atoms with Crippen LogP contribution >= 0.6 is 55.4 Å². The second-order valence-electron chi connectivity index (χ2n) is 5.08. The van der Waals surface area contributed by atoms with Crippen LogP contribution in [0.2, 0.25) is 0 Å². The van der Waals surface area contributed by atoms with Crippen LogP contribution in [-0.2, 0) is 14.4 Å². The summed E-state index contributed by atoms with van der Waals surface area (Å²) in [7, 11) is 2.55. The molecule has 0 aliphatic carbocycles. The smallest absolute Gasteiger partial charge is 0.211 e. The van der Waals surface area contributed by atoms with Crippen molar-refractivity contribution in [1.82, 2.24) is 5.32 Å². The molecule has 0 spiro atoms. The molecule has 0 fully saturated rings. The third kappa shape index (κ3) is 5.38. The van der Waals surface area contributed by atoms with Gasteiger partial charge in [-0.2, -0.15) is 0 Å². The molecule has 1 heterocycles. The Kier molecular flexibility index (Phi) is 10.7. The number of benzene rings is 1. The van der Waals surface area contributed by atoms with Crippen LogP contribution in [0.5, 0.6) is 5.75 Å². The molecule has 0 radical (unpaired) electrons. The highest BCUT2D eigenvalue weighted by Gasteiger charge is 2.41. The highest BCUT2D eigenvalue weighted by atomic mass is 79.9. The first-order chi connectivity index (χ1) is 13.0. The van der Waals surface area contributed by atoms with Crippen molar-refractivity contribution in [2.45, 2.75) is 11.2 Å². The fourth-order valence-electron chi connectivity index (χ4n) is 2.81. The second kappa shape index (κ2) is 11.9. The lowest BCUT2D eigenvalue weighted by Crippen LogP contribution is -2.34. The van der Waals surface area contributed by atoms with Gasteiger partial charge in [0.15, 0.2) is 0 Å². The van der Waals surface area contributed by atoms with Gasteiger partial charge in [0, 0.05) is 33.9 Å². The molecule has 3 atom stereocenters. The number of nitrogens with one attached hydrogen (secondary N) is 1. The van der Waals surface area contributed by atoms with E-state index in [-0.39, 0.29) is 0 Å². The maximum Gasteiger partial charge on any atom is 0.211 e. The first-order valence-electron chi connectivity index (χ1n) is 7.55. The molecule has 10 heteroatoms. The van der Waals surface area contributed by atoms with Crippen molar-refractivity contribution in [3.8, 4) is 5.75 Å². The lowest BCUT2D eigenvalue weighted by Gasteiger charge is -2.35. The van der Waals surface area contributed by atoms with Crippen LogP contribution < -0.4 is 10.1 Å². The summed E-state index contributed by atoms with van der Waals surface area (Å²) in [6, 6.07) is 3.72. The van der Waals surface area contributed by atoms with Crippen molar-refractivity contribution in [3.05, 3.63) is 36.6 Å². The number of methoxy groups -OCH3 is 1. The van der Waals surface area contributed by atoms with Gasteiger partial charge in [-0.15, -0.1) is 11.8 Å². The molecule has 148 valence electrons. The van der Waals surface area contributed by atoms with E-state index in [0.717, 1.165) is 39.1 Å². The van der Waals surface area contributed by atoms with Gasteiger partial charge >= 0.3 is 0 Å². The first-order valence-corrected chi connectivity index (χ1v) is 11.2. The van der Waals surface area contributed by atoms with E-state index in [0.29, 0.717) is 17.2 Å². The van der Waals surface area contributed by atoms with Gasteiger partial charge in [-0.05, 0) is 34.3 Å². The topological polar surface area (TPSA) is 92.7 Å². The van der Waals surface area contributed by atoms with Crippen molar-refractivity contribution in [3.63, 3.8) is 0 Å². The molecule has 0 saturated heterocycles. The van der Waals surface area contributed by atoms with Gasteiger partial charge in [0.1, 0.15) is 18.3 Å². The SMILES string of the molecule is CO.COc1c(Br)cc(Br)cc1C1C(SC)=C(NC=O)SC(C=O)C1C=O. The molecule has 3 unspecified atom stereocenters. The second-order valence-corrected chi connectivity index (χ2v) is 8.89. The highest BCUT2D eigenvalue weighted by Crippen LogP contribution is 2.52. The van der Waals surface area contributed by atoms with Crippen LogP contribution in [0.3, 0.4) is 0 Å². The van der Waals surface area contributed by atoms with E-state index in [1.807, 2.05) is 18.4 Å². The predicted octanol–water partition coefficient (Wildman–Crippen LogP) is 3.32. The molecule has 6 nitrogen and oxygen atoms in total. The van der Waals surface area contributed by atoms with Gasteiger partial charge in [0.2, 0.25) is 6.41 Å². The van der Waals surface area contributed by atoms with Crippen LogP contribution in [-0.4, -0.2) is 49.8 Å². The van der Waals surface area contributed by atoms with Crippen molar-refractivity contribution in [1.29, 1.82) is 0 Å². The summed E-state index contributed by atoms with van der Waals surface area (Å²) in [4.78, 5) is 35.2. The number of carbonyl (C=O) groups excluding carboxylic acids is 3. The normalized spacial score (nSPS) is 21.6. The van der Waals surface area contributed by atoms with Gasteiger partial charge in [-0.3, -0.25) is 4.79 Å². The van der Waals surface area contributed by atoms with Gasteiger partial charge in [0.05, 0.1) is 21.9 Å². The molecule has 1 aliphatic heterocycles. The minimum Gasteiger partial charge on any atom is -0.495 e. The standard InChI is InChI=1S/C16H15Br2NO4S2.CH4O/c1-23-14-9(3-8(17)4-11(14)18)13-10(5-20)12(6-21)25-16(19-7-22)15(13)24-2;1-2/h3-7,10,12-13H,1-2H3,(H,19,22);2H,1H3. The number of carbonyl (C=O) groups is 3. The van der Waals surface area contributed by atoms with Crippen molar-refractivity contribution < 1.29 is 24.2 Å². The fraction of sp³-hybridized carbons (Fsp3) is 0.353. The lowest BCUT2D eigenvalue weighted by atomic mass is 9.83. The van der Waals surface area contributed by atoms with Gasteiger partial charge in [-0.25, -0.2) is 0 Å². The molecule has 1 aromatic rings. The molecule has 1 aromatic carbocycles. The third-order valence-corrected chi connectivity index (χ3v) is 7.15. The number of halogens is 2. The van der Waals surface area contributed by atoms with Gasteiger partial charge in [0.25, 0.3) is 0 Å². The van der Waals surface area contributed by atoms with E-state index in [1.54, 1.807) is 7.11 Å². The van der Waals surface area contributed by atoms with Crippen molar-refractivity contribution >= 4 is 74.4 Å². The van der Waals surface area contributed by atoms with E-state index in [1.165, 1.54) is 23.5 Å². The summed E-state index contributed by atoms with van der Waals surface area (Å²) < 4.78 is 7.08. The van der Waals surface area contributed by atoms with Crippen LogP contribution in [0.15, 0.2) is 31.0 Å². The Labute approximate surface area is 183 Å². The molecule has 0 saturated carbocycles. The Morgan fingerprint density at radius 1 is 1.22 bits per heavy atom. The average molecular weight is 541 g/mol. The number of aliphatic hydroxyl groups excluding tert-OH is 1. The van der Waals surface area contributed by atoms with E-state index in [4.69, 9.17) is 9.84 Å². The monoisotopic (exact) mass is 539 g/mol. The Balaban J connectivity index is 0.00000176. The van der Waals surface area contributed by atoms with Crippen LogP contribution in [0.1, 0.15) is 11.5 Å². The number of hydrogen-bond donors (Lipinski definition) is 2. The quantitative estimate of drug-likeness (QED) is 0.512. The molecular formula is C17H19Br2NO5S2. The Morgan fingerprint density at radius 2 is 1.89 bits per heavy atom. The number of amides is 1. The Hall–Kier alpha value is -0.810. The third-order valence-electron chi connectivity index (χ3n) is 3.80. The summed E-state index contributed by atoms with van der Waals surface area (Å²) >= 11 is 9.57. The maximum atomic E-state index is 11.9. The number of aldehydes is 2. The highest BCUT2D eigenvalue weighted by molar-refractivity contribution is 9.11. The number of allylic oxidation sites excluding steroid dienone is 1. The number of aliphatic hydroxyl groups is 1. The maximum absolute atomic E-state index is 11.9. The zero-order valence-electron chi connectivity index (χ0n) is 14.8. The molecule has 1 aliphatic rings. The first kappa shape index (κ1) is 24.2.